The van der Waals surface area contributed by atoms with Crippen LogP contribution >= 0.6 is 15.9 Å². The molecule has 0 atom stereocenters. The Bertz CT molecular complexity index is 787. The maximum Gasteiger partial charge on any atom is 0.0155 e. The molecule has 2 heteroatoms. The summed E-state index contributed by atoms with van der Waals surface area (Å²) in [6.45, 7) is 25.6. The molecule has 1 fully saturated rings. The van der Waals surface area contributed by atoms with Crippen molar-refractivity contribution in [1.29, 1.82) is 0 Å². The molecule has 0 amide bonds. The van der Waals surface area contributed by atoms with Crippen LogP contribution in [0.4, 0.5) is 0 Å². The molecule has 1 nitrogen and oxygen atoms in total. The predicted molar refractivity (Wildman–Crippen MR) is 156 cm³/mol. The van der Waals surface area contributed by atoms with Crippen molar-refractivity contribution in [3.05, 3.63) is 88.6 Å². The van der Waals surface area contributed by atoms with Crippen LogP contribution in [-0.4, -0.2) is 6.54 Å². The van der Waals surface area contributed by atoms with Crippen LogP contribution < -0.4 is 5.32 Å². The molecule has 1 saturated carbocycles. The minimum absolute atomic E-state index is 0.779. The molecule has 0 spiro atoms. The van der Waals surface area contributed by atoms with E-state index in [1.807, 2.05) is 13.8 Å². The van der Waals surface area contributed by atoms with Crippen molar-refractivity contribution in [3.8, 4) is 0 Å². The lowest BCUT2D eigenvalue weighted by Gasteiger charge is -2.14. The summed E-state index contributed by atoms with van der Waals surface area (Å²) >= 11 is 3.30. The molecule has 1 aliphatic rings. The summed E-state index contributed by atoms with van der Waals surface area (Å²) in [4.78, 5) is 0. The zero-order valence-corrected chi connectivity index (χ0v) is 23.8. The molecule has 1 aromatic carbocycles. The van der Waals surface area contributed by atoms with E-state index in [2.05, 4.69) is 99.0 Å². The fourth-order valence-electron chi connectivity index (χ4n) is 3.46. The van der Waals surface area contributed by atoms with Crippen molar-refractivity contribution in [2.24, 2.45) is 5.92 Å². The molecule has 1 aliphatic carbocycles. The summed E-state index contributed by atoms with van der Waals surface area (Å²) < 4.78 is 1.09. The van der Waals surface area contributed by atoms with Crippen LogP contribution in [0.5, 0.6) is 0 Å². The fraction of sp³-hybridized carbons (Fsp3) is 0.484. The largest absolute Gasteiger partial charge is 0.389 e. The lowest BCUT2D eigenvalue weighted by atomic mass is 10.00. The Balaban J connectivity index is 0.000000492. The van der Waals surface area contributed by atoms with E-state index in [-0.39, 0.29) is 0 Å². The molecule has 0 unspecified atom stereocenters. The van der Waals surface area contributed by atoms with Gasteiger partial charge >= 0.3 is 0 Å². The lowest BCUT2D eigenvalue weighted by molar-refractivity contribution is 0.569. The number of hydrogen-bond acceptors (Lipinski definition) is 1. The van der Waals surface area contributed by atoms with E-state index < -0.39 is 0 Å². The number of rotatable bonds is 9. The first-order chi connectivity index (χ1) is 15.7. The van der Waals surface area contributed by atoms with Crippen molar-refractivity contribution >= 4 is 21.5 Å². The van der Waals surface area contributed by atoms with Crippen molar-refractivity contribution < 1.29 is 0 Å². The molecule has 33 heavy (non-hydrogen) atoms. The molecular formula is C31H48BrN. The number of hydrogen-bond donors (Lipinski definition) is 1. The summed E-state index contributed by atoms with van der Waals surface area (Å²) in [5, 5.41) is 3.43. The second kappa shape index (κ2) is 18.6. The number of halogens is 1. The third-order valence-electron chi connectivity index (χ3n) is 5.86. The van der Waals surface area contributed by atoms with Gasteiger partial charge in [0.25, 0.3) is 0 Å². The van der Waals surface area contributed by atoms with Crippen molar-refractivity contribution in [1.82, 2.24) is 5.32 Å². The number of benzene rings is 1. The van der Waals surface area contributed by atoms with Gasteiger partial charge in [-0.1, -0.05) is 116 Å². The lowest BCUT2D eigenvalue weighted by Crippen LogP contribution is -2.18. The first kappa shape index (κ1) is 31.2. The molecule has 184 valence electrons. The van der Waals surface area contributed by atoms with Gasteiger partial charge in [0.15, 0.2) is 0 Å². The average molecular weight is 515 g/mol. The number of nitrogens with one attached hydrogen (secondary N) is 1. The van der Waals surface area contributed by atoms with Gasteiger partial charge in [0.2, 0.25) is 0 Å². The van der Waals surface area contributed by atoms with Crippen LogP contribution in [0.1, 0.15) is 90.7 Å². The molecule has 1 aromatic rings. The van der Waals surface area contributed by atoms with E-state index in [1.165, 1.54) is 66.5 Å². The summed E-state index contributed by atoms with van der Waals surface area (Å²) in [6.07, 6.45) is 13.1. The van der Waals surface area contributed by atoms with Crippen molar-refractivity contribution in [2.75, 3.05) is 6.54 Å². The van der Waals surface area contributed by atoms with Crippen LogP contribution in [0, 0.1) is 12.8 Å². The van der Waals surface area contributed by atoms with Gasteiger partial charge in [-0.3, -0.25) is 0 Å². The fourth-order valence-corrected chi connectivity index (χ4v) is 3.46. The quantitative estimate of drug-likeness (QED) is 0.255. The summed E-state index contributed by atoms with van der Waals surface area (Å²) in [6, 6.07) is 8.36. The first-order valence-electron chi connectivity index (χ1n) is 12.5. The number of aryl methyl sites for hydroxylation is 1. The molecule has 0 aromatic heterocycles. The molecule has 0 saturated heterocycles. The van der Waals surface area contributed by atoms with Gasteiger partial charge in [0.05, 0.1) is 0 Å². The third-order valence-corrected chi connectivity index (χ3v) is 6.97. The summed E-state index contributed by atoms with van der Waals surface area (Å²) in [7, 11) is 0. The molecule has 2 rings (SSSR count). The highest BCUT2D eigenvalue weighted by Gasteiger charge is 2.17. The second-order valence-corrected chi connectivity index (χ2v) is 9.88. The Labute approximate surface area is 214 Å². The van der Waals surface area contributed by atoms with Crippen LogP contribution in [0.25, 0.3) is 5.57 Å². The third kappa shape index (κ3) is 14.1. The maximum atomic E-state index is 4.10. The van der Waals surface area contributed by atoms with Gasteiger partial charge < -0.3 is 5.32 Å². The van der Waals surface area contributed by atoms with Gasteiger partial charge in [0, 0.05) is 16.7 Å². The highest BCUT2D eigenvalue weighted by Crippen LogP contribution is 2.28. The standard InChI is InChI=1S/C14H18.C11H21N.C6H9Br/c1-5-11(2)10-13(4)14-9-7-6-8-12(14)3;1-3-4-9-12-10(2)11-7-5-6-8-11;1-4-6(7)5(2)3/h6-10H,4-5H2,1-3H3;11-12H,2-9H2,1H3;4H,1H2,2-3H3/b11-10-;;. The van der Waals surface area contributed by atoms with E-state index in [0.29, 0.717) is 0 Å². The molecule has 0 radical (unpaired) electrons. The number of unbranched alkanes of at least 4 members (excludes halogenated alkanes) is 1. The Kier molecular flexibility index (Phi) is 17.6. The molecule has 0 heterocycles. The van der Waals surface area contributed by atoms with Crippen LogP contribution in [-0.2, 0) is 0 Å². The van der Waals surface area contributed by atoms with E-state index in [0.717, 1.165) is 28.9 Å². The van der Waals surface area contributed by atoms with Crippen LogP contribution in [0.2, 0.25) is 0 Å². The molecule has 0 bridgehead atoms. The monoisotopic (exact) mass is 513 g/mol. The van der Waals surface area contributed by atoms with Crippen LogP contribution in [0.15, 0.2) is 77.5 Å². The van der Waals surface area contributed by atoms with E-state index in [9.17, 15) is 0 Å². The van der Waals surface area contributed by atoms with E-state index in [4.69, 9.17) is 0 Å². The normalized spacial score (nSPS) is 13.1. The minimum atomic E-state index is 0.779. The Hall–Kier alpha value is -1.80. The second-order valence-electron chi connectivity index (χ2n) is 9.02. The summed E-state index contributed by atoms with van der Waals surface area (Å²) in [5.74, 6) is 0.779. The zero-order chi connectivity index (χ0) is 25.2. The maximum absolute atomic E-state index is 4.10. The predicted octanol–water partition coefficient (Wildman–Crippen LogP) is 10.3. The van der Waals surface area contributed by atoms with Crippen LogP contribution in [0.3, 0.4) is 0 Å². The molecule has 1 N–H and O–H groups in total. The molecular weight excluding hydrogens is 466 g/mol. The SMILES string of the molecule is C=C(/C=C(/C)CC)c1ccccc1C.C=C(NCCCC)C1CCCC1.C=CC(Br)=C(C)C. The topological polar surface area (TPSA) is 12.0 Å². The Morgan fingerprint density at radius 3 is 2.15 bits per heavy atom. The summed E-state index contributed by atoms with van der Waals surface area (Å²) in [5.41, 5.74) is 7.58. The highest BCUT2D eigenvalue weighted by atomic mass is 79.9. The van der Waals surface area contributed by atoms with Gasteiger partial charge in [-0.15, -0.1) is 0 Å². The van der Waals surface area contributed by atoms with Gasteiger partial charge in [-0.05, 0) is 76.0 Å². The number of allylic oxidation sites excluding steroid dienone is 7. The Morgan fingerprint density at radius 2 is 1.70 bits per heavy atom. The van der Waals surface area contributed by atoms with Crippen molar-refractivity contribution in [2.45, 2.75) is 86.5 Å². The van der Waals surface area contributed by atoms with Crippen molar-refractivity contribution in [3.63, 3.8) is 0 Å². The highest BCUT2D eigenvalue weighted by molar-refractivity contribution is 9.11. The molecule has 0 aliphatic heterocycles. The first-order valence-corrected chi connectivity index (χ1v) is 13.3. The zero-order valence-electron chi connectivity index (χ0n) is 22.2. The van der Waals surface area contributed by atoms with E-state index in [1.54, 1.807) is 6.08 Å². The Morgan fingerprint density at radius 1 is 1.09 bits per heavy atom. The van der Waals surface area contributed by atoms with Gasteiger partial charge in [-0.25, -0.2) is 0 Å². The van der Waals surface area contributed by atoms with E-state index >= 15 is 0 Å². The smallest absolute Gasteiger partial charge is 0.0155 e. The minimum Gasteiger partial charge on any atom is -0.389 e. The van der Waals surface area contributed by atoms with Gasteiger partial charge in [0.1, 0.15) is 0 Å². The van der Waals surface area contributed by atoms with Gasteiger partial charge in [-0.2, -0.15) is 0 Å². The average Bonchev–Trinajstić information content (AvgIpc) is 3.34.